The molecule has 1 heterocycles. The van der Waals surface area contributed by atoms with Gasteiger partial charge in [-0.1, -0.05) is 0 Å². The number of anilines is 1. The zero-order valence-corrected chi connectivity index (χ0v) is 12.6. The fourth-order valence-corrected chi connectivity index (χ4v) is 3.68. The number of nitro benzene ring substituents is 1. The van der Waals surface area contributed by atoms with Crippen molar-refractivity contribution in [2.75, 3.05) is 23.7 Å². The molecule has 0 radical (unpaired) electrons. The average molecular weight is 324 g/mol. The topological polar surface area (TPSA) is 130 Å². The van der Waals surface area contributed by atoms with Gasteiger partial charge in [-0.2, -0.15) is 5.26 Å². The lowest BCUT2D eigenvalue weighted by Gasteiger charge is -2.34. The number of benzene rings is 1. The molecular weight excluding hydrogens is 308 g/mol. The molecular formula is C13H16N4O4S. The van der Waals surface area contributed by atoms with E-state index in [0.29, 0.717) is 18.8 Å². The summed E-state index contributed by atoms with van der Waals surface area (Å²) >= 11 is 0. The number of non-ortho nitro benzene ring substituents is 1. The highest BCUT2D eigenvalue weighted by atomic mass is 32.2. The monoisotopic (exact) mass is 324 g/mol. The molecule has 1 atom stereocenters. The summed E-state index contributed by atoms with van der Waals surface area (Å²) in [6, 6.07) is 6.08. The summed E-state index contributed by atoms with van der Waals surface area (Å²) < 4.78 is 22.4. The van der Waals surface area contributed by atoms with Crippen LogP contribution in [0.5, 0.6) is 0 Å². The molecule has 2 N–H and O–H groups in total. The number of nitrogens with zero attached hydrogens (tertiary/aromatic N) is 3. The lowest BCUT2D eigenvalue weighted by atomic mass is 9.98. The third-order valence-corrected chi connectivity index (χ3v) is 4.58. The number of nitro groups is 1. The maximum Gasteiger partial charge on any atom is 0.270 e. The first kappa shape index (κ1) is 16.2. The molecule has 0 aliphatic carbocycles. The smallest absolute Gasteiger partial charge is 0.270 e. The fourth-order valence-electron chi connectivity index (χ4n) is 2.75. The summed E-state index contributed by atoms with van der Waals surface area (Å²) in [5, 5.41) is 25.0. The summed E-state index contributed by atoms with van der Waals surface area (Å²) in [7, 11) is -3.54. The van der Waals surface area contributed by atoms with Gasteiger partial charge in [0, 0.05) is 25.2 Å². The number of nitriles is 1. The van der Waals surface area contributed by atoms with Crippen molar-refractivity contribution in [1.82, 2.24) is 0 Å². The average Bonchev–Trinajstić information content (AvgIpc) is 2.45. The number of sulfonamides is 1. The van der Waals surface area contributed by atoms with Gasteiger partial charge in [-0.15, -0.1) is 0 Å². The highest BCUT2D eigenvalue weighted by Crippen LogP contribution is 2.29. The van der Waals surface area contributed by atoms with Gasteiger partial charge in [0.15, 0.2) is 0 Å². The van der Waals surface area contributed by atoms with Crippen molar-refractivity contribution in [3.05, 3.63) is 33.9 Å². The summed E-state index contributed by atoms with van der Waals surface area (Å²) in [5.74, 6) is -0.205. The zero-order valence-electron chi connectivity index (χ0n) is 11.8. The van der Waals surface area contributed by atoms with Gasteiger partial charge in [0.2, 0.25) is 10.0 Å². The van der Waals surface area contributed by atoms with Crippen molar-refractivity contribution in [1.29, 1.82) is 5.26 Å². The largest absolute Gasteiger partial charge is 0.370 e. The number of rotatable bonds is 4. The minimum absolute atomic E-state index is 0.0988. The molecule has 1 aliphatic rings. The van der Waals surface area contributed by atoms with Crippen LogP contribution < -0.4 is 10.0 Å². The lowest BCUT2D eigenvalue weighted by molar-refractivity contribution is -0.384. The van der Waals surface area contributed by atoms with Crippen LogP contribution in [0.2, 0.25) is 0 Å². The Kier molecular flexibility index (Phi) is 4.63. The molecule has 0 amide bonds. The predicted octanol–water partition coefficient (Wildman–Crippen LogP) is 0.971. The Morgan fingerprint density at radius 3 is 2.82 bits per heavy atom. The van der Waals surface area contributed by atoms with Crippen molar-refractivity contribution in [3.63, 3.8) is 0 Å². The minimum Gasteiger partial charge on any atom is -0.370 e. The maximum absolute atomic E-state index is 11.2. The van der Waals surface area contributed by atoms with E-state index in [9.17, 15) is 23.8 Å². The van der Waals surface area contributed by atoms with Crippen LogP contribution in [0.4, 0.5) is 11.4 Å². The van der Waals surface area contributed by atoms with Crippen LogP contribution in [-0.2, 0) is 10.0 Å². The predicted molar refractivity (Wildman–Crippen MR) is 80.7 cm³/mol. The third kappa shape index (κ3) is 3.93. The van der Waals surface area contributed by atoms with Crippen LogP contribution in [0.15, 0.2) is 18.2 Å². The first-order valence-corrected chi connectivity index (χ1v) is 8.45. The normalized spacial score (nSPS) is 18.7. The van der Waals surface area contributed by atoms with E-state index in [1.165, 1.54) is 18.2 Å². The van der Waals surface area contributed by atoms with Crippen molar-refractivity contribution in [2.24, 2.45) is 11.1 Å². The van der Waals surface area contributed by atoms with Crippen LogP contribution in [0.3, 0.4) is 0 Å². The number of hydrogen-bond donors (Lipinski definition) is 1. The number of nitrogens with two attached hydrogens (primary N) is 1. The molecule has 0 spiro atoms. The molecule has 1 saturated heterocycles. The van der Waals surface area contributed by atoms with E-state index in [4.69, 9.17) is 5.14 Å². The highest BCUT2D eigenvalue weighted by molar-refractivity contribution is 7.89. The summed E-state index contributed by atoms with van der Waals surface area (Å²) in [6.07, 6.45) is 1.53. The molecule has 9 heteroatoms. The highest BCUT2D eigenvalue weighted by Gasteiger charge is 2.25. The van der Waals surface area contributed by atoms with Crippen LogP contribution >= 0.6 is 0 Å². The Morgan fingerprint density at radius 1 is 1.50 bits per heavy atom. The van der Waals surface area contributed by atoms with E-state index in [1.54, 1.807) is 0 Å². The molecule has 0 saturated carbocycles. The first-order valence-electron chi connectivity index (χ1n) is 6.74. The minimum atomic E-state index is -3.54. The van der Waals surface area contributed by atoms with Crippen LogP contribution in [0, 0.1) is 27.4 Å². The van der Waals surface area contributed by atoms with E-state index >= 15 is 0 Å². The van der Waals surface area contributed by atoms with E-state index < -0.39 is 14.9 Å². The van der Waals surface area contributed by atoms with E-state index in [-0.39, 0.29) is 22.9 Å². The van der Waals surface area contributed by atoms with Gasteiger partial charge in [-0.3, -0.25) is 10.1 Å². The molecule has 0 aromatic heterocycles. The molecule has 1 fully saturated rings. The Morgan fingerprint density at radius 2 is 2.23 bits per heavy atom. The zero-order chi connectivity index (χ0) is 16.3. The first-order chi connectivity index (χ1) is 10.3. The number of piperidine rings is 1. The summed E-state index contributed by atoms with van der Waals surface area (Å²) in [5.41, 5.74) is 0.663. The second kappa shape index (κ2) is 6.29. The molecule has 0 bridgehead atoms. The van der Waals surface area contributed by atoms with E-state index in [0.717, 1.165) is 12.8 Å². The molecule has 1 aromatic rings. The van der Waals surface area contributed by atoms with Crippen molar-refractivity contribution in [2.45, 2.75) is 12.8 Å². The molecule has 1 aromatic carbocycles. The standard InChI is InChI=1S/C13H16N4O4S/c14-7-11-6-12(17(18)19)3-4-13(11)16-5-1-2-10(8-16)9-22(15,20)21/h3-4,6,10H,1-2,5,8-9H2,(H2,15,20,21)/t10-/m0/s1. The van der Waals surface area contributed by atoms with Crippen molar-refractivity contribution < 1.29 is 13.3 Å². The Balaban J connectivity index is 2.24. The van der Waals surface area contributed by atoms with Gasteiger partial charge < -0.3 is 4.90 Å². The molecule has 22 heavy (non-hydrogen) atoms. The maximum atomic E-state index is 11.2. The number of primary sulfonamides is 1. The Hall–Kier alpha value is -2.18. The Labute approximate surface area is 128 Å². The molecule has 1 aliphatic heterocycles. The molecule has 2 rings (SSSR count). The SMILES string of the molecule is N#Cc1cc([N+](=O)[O-])ccc1N1CCC[C@H](CS(N)(=O)=O)C1. The lowest BCUT2D eigenvalue weighted by Crippen LogP contribution is -2.39. The van der Waals surface area contributed by atoms with Crippen LogP contribution in [-0.4, -0.2) is 32.2 Å². The van der Waals surface area contributed by atoms with Crippen molar-refractivity contribution in [3.8, 4) is 6.07 Å². The molecule has 0 unspecified atom stereocenters. The second-order valence-corrected chi connectivity index (χ2v) is 7.01. The summed E-state index contributed by atoms with van der Waals surface area (Å²) in [4.78, 5) is 12.1. The number of hydrogen-bond acceptors (Lipinski definition) is 6. The van der Waals surface area contributed by atoms with E-state index in [1.807, 2.05) is 11.0 Å². The van der Waals surface area contributed by atoms with Gasteiger partial charge >= 0.3 is 0 Å². The quantitative estimate of drug-likeness (QED) is 0.648. The fraction of sp³-hybridized carbons (Fsp3) is 0.462. The van der Waals surface area contributed by atoms with Crippen LogP contribution in [0.1, 0.15) is 18.4 Å². The van der Waals surface area contributed by atoms with E-state index in [2.05, 4.69) is 0 Å². The summed E-state index contributed by atoms with van der Waals surface area (Å²) in [6.45, 7) is 1.14. The molecule has 118 valence electrons. The Bertz CT molecular complexity index is 726. The van der Waals surface area contributed by atoms with Gasteiger partial charge in [-0.25, -0.2) is 13.6 Å². The van der Waals surface area contributed by atoms with Crippen LogP contribution in [0.25, 0.3) is 0 Å². The van der Waals surface area contributed by atoms with Gasteiger partial charge in [-0.05, 0) is 24.8 Å². The van der Waals surface area contributed by atoms with Gasteiger partial charge in [0.1, 0.15) is 6.07 Å². The van der Waals surface area contributed by atoms with Gasteiger partial charge in [0.05, 0.1) is 21.9 Å². The van der Waals surface area contributed by atoms with Gasteiger partial charge in [0.25, 0.3) is 5.69 Å². The van der Waals surface area contributed by atoms with Crippen molar-refractivity contribution >= 4 is 21.4 Å². The second-order valence-electron chi connectivity index (χ2n) is 5.35. The molecule has 8 nitrogen and oxygen atoms in total. The third-order valence-electron chi connectivity index (χ3n) is 3.64.